The third-order valence-electron chi connectivity index (χ3n) is 5.30. The molecule has 0 saturated heterocycles. The Morgan fingerprint density at radius 1 is 1.22 bits per heavy atom. The van der Waals surface area contributed by atoms with Crippen molar-refractivity contribution >= 4 is 35.7 Å². The van der Waals surface area contributed by atoms with Crippen LogP contribution in [0.15, 0.2) is 55.1 Å². The number of halogens is 4. The summed E-state index contributed by atoms with van der Waals surface area (Å²) >= 11 is 5.75. The quantitative estimate of drug-likeness (QED) is 0.306. The molecule has 36 heavy (non-hydrogen) atoms. The zero-order valence-corrected chi connectivity index (χ0v) is 20.5. The van der Waals surface area contributed by atoms with E-state index in [0.29, 0.717) is 31.4 Å². The third-order valence-corrected chi connectivity index (χ3v) is 5.63. The fraction of sp³-hybridized carbons (Fsp3) is 0.240. The van der Waals surface area contributed by atoms with Crippen molar-refractivity contribution in [1.82, 2.24) is 9.78 Å². The molecule has 11 heteroatoms. The van der Waals surface area contributed by atoms with Crippen LogP contribution in [0.2, 0.25) is 5.02 Å². The molecule has 0 spiro atoms. The average Bonchev–Trinajstić information content (AvgIpc) is 3.28. The van der Waals surface area contributed by atoms with Gasteiger partial charge in [-0.1, -0.05) is 42.4 Å². The molecule has 7 nitrogen and oxygen atoms in total. The Bertz CT molecular complexity index is 1200. The molecule has 3 aromatic rings. The van der Waals surface area contributed by atoms with Crippen molar-refractivity contribution in [2.75, 3.05) is 31.3 Å². The van der Waals surface area contributed by atoms with Gasteiger partial charge in [-0.25, -0.2) is 4.68 Å². The molecule has 1 aliphatic heterocycles. The maximum Gasteiger partial charge on any atom is 0.417 e. The van der Waals surface area contributed by atoms with Crippen LogP contribution < -0.4 is 16.4 Å². The summed E-state index contributed by atoms with van der Waals surface area (Å²) in [5.41, 5.74) is 6.03. The molecule has 1 unspecified atom stereocenters. The third kappa shape index (κ3) is 6.13. The highest BCUT2D eigenvalue weighted by Crippen LogP contribution is 2.41. The number of carbonyl (C=O) groups is 2. The number of para-hydroxylation sites is 1. The number of fused-ring (bicyclic) bond motifs is 1. The molecule has 1 aromatic heterocycles. The second-order valence-corrected chi connectivity index (χ2v) is 7.71. The lowest BCUT2D eigenvalue weighted by Crippen LogP contribution is -2.25. The number of nitrogens with zero attached hydrogens (tertiary/aromatic N) is 2. The Balaban J connectivity index is 0.000000694. The lowest BCUT2D eigenvalue weighted by molar-refractivity contribution is -0.137. The fourth-order valence-electron chi connectivity index (χ4n) is 3.82. The van der Waals surface area contributed by atoms with Gasteiger partial charge in [-0.3, -0.25) is 9.59 Å². The van der Waals surface area contributed by atoms with E-state index in [-0.39, 0.29) is 22.9 Å². The second kappa shape index (κ2) is 12.9. The molecular formula is C25H27ClF3N5O2. The van der Waals surface area contributed by atoms with Crippen LogP contribution in [0.1, 0.15) is 33.9 Å². The minimum Gasteiger partial charge on any atom is -0.388 e. The number of carbonyl (C=O) groups excluding carboxylic acids is 2. The predicted octanol–water partition coefficient (Wildman–Crippen LogP) is 5.43. The van der Waals surface area contributed by atoms with E-state index in [1.54, 1.807) is 4.68 Å². The number of hydrogen-bond donors (Lipinski definition) is 3. The summed E-state index contributed by atoms with van der Waals surface area (Å²) in [4.78, 5) is 21.0. The summed E-state index contributed by atoms with van der Waals surface area (Å²) in [5, 5.41) is 10.5. The van der Waals surface area contributed by atoms with Crippen LogP contribution in [-0.2, 0) is 11.0 Å². The van der Waals surface area contributed by atoms with E-state index < -0.39 is 16.8 Å². The Kier molecular flexibility index (Phi) is 10.2. The SMILES string of the molecule is C=CC=O.CN.CNc1ccccc1C1CCNc2c(C=O)c(-c3ccc(Cl)c(C(F)(F)F)c3)nn21. The highest BCUT2D eigenvalue weighted by molar-refractivity contribution is 6.31. The van der Waals surface area contributed by atoms with Gasteiger partial charge in [-0.15, -0.1) is 0 Å². The van der Waals surface area contributed by atoms with Crippen LogP contribution in [0.5, 0.6) is 0 Å². The zero-order chi connectivity index (χ0) is 26.9. The van der Waals surface area contributed by atoms with Crippen molar-refractivity contribution in [3.63, 3.8) is 0 Å². The zero-order valence-electron chi connectivity index (χ0n) is 19.8. The number of hydrogen-bond acceptors (Lipinski definition) is 6. The number of anilines is 2. The molecule has 0 aliphatic carbocycles. The molecule has 0 saturated carbocycles. The van der Waals surface area contributed by atoms with Gasteiger partial charge in [-0.2, -0.15) is 18.3 Å². The molecule has 192 valence electrons. The lowest BCUT2D eigenvalue weighted by atomic mass is 10.00. The number of nitrogens with two attached hydrogens (primary N) is 1. The van der Waals surface area contributed by atoms with Crippen LogP contribution >= 0.6 is 11.6 Å². The summed E-state index contributed by atoms with van der Waals surface area (Å²) in [5.74, 6) is 0.491. The first-order valence-electron chi connectivity index (χ1n) is 10.9. The standard InChI is InChI=1S/C21H18ClF3N4O.C3H4O.CH5N/c1-26-17-5-3-2-4-13(17)18-8-9-27-20-14(11-30)19(28-29(18)20)12-6-7-16(22)15(10-12)21(23,24)25;1-2-3-4;1-2/h2-7,10-11,18,26-27H,8-9H2,1H3;2-3H,1H2;2H2,1H3. The Morgan fingerprint density at radius 2 is 1.89 bits per heavy atom. The van der Waals surface area contributed by atoms with E-state index in [9.17, 15) is 18.0 Å². The van der Waals surface area contributed by atoms with Crippen LogP contribution in [0, 0.1) is 0 Å². The molecule has 0 fully saturated rings. The van der Waals surface area contributed by atoms with Crippen LogP contribution in [0.25, 0.3) is 11.3 Å². The molecule has 4 rings (SSSR count). The fourth-order valence-corrected chi connectivity index (χ4v) is 4.04. The van der Waals surface area contributed by atoms with Gasteiger partial charge in [-0.05, 0) is 43.3 Å². The largest absolute Gasteiger partial charge is 0.417 e. The number of benzene rings is 2. The second-order valence-electron chi connectivity index (χ2n) is 7.31. The summed E-state index contributed by atoms with van der Waals surface area (Å²) in [6.07, 6.45) is -1.45. The normalized spacial score (nSPS) is 14.0. The van der Waals surface area contributed by atoms with Crippen molar-refractivity contribution < 1.29 is 22.8 Å². The monoisotopic (exact) mass is 521 g/mol. The summed E-state index contributed by atoms with van der Waals surface area (Å²) < 4.78 is 41.6. The van der Waals surface area contributed by atoms with E-state index in [2.05, 4.69) is 28.0 Å². The van der Waals surface area contributed by atoms with E-state index in [0.717, 1.165) is 17.3 Å². The molecule has 1 atom stereocenters. The van der Waals surface area contributed by atoms with Gasteiger partial charge in [0.1, 0.15) is 17.8 Å². The van der Waals surface area contributed by atoms with Gasteiger partial charge in [0.2, 0.25) is 0 Å². The molecule has 4 N–H and O–H groups in total. The maximum atomic E-state index is 13.3. The van der Waals surface area contributed by atoms with Gasteiger partial charge in [0.15, 0.2) is 6.29 Å². The molecule has 0 amide bonds. The average molecular weight is 522 g/mol. The number of aromatic nitrogens is 2. The maximum absolute atomic E-state index is 13.3. The minimum absolute atomic E-state index is 0.174. The summed E-state index contributed by atoms with van der Waals surface area (Å²) in [6, 6.07) is 11.1. The minimum atomic E-state index is -4.61. The van der Waals surface area contributed by atoms with E-state index in [1.807, 2.05) is 31.3 Å². The van der Waals surface area contributed by atoms with E-state index >= 15 is 0 Å². The highest BCUT2D eigenvalue weighted by atomic mass is 35.5. The van der Waals surface area contributed by atoms with Crippen molar-refractivity contribution in [3.05, 3.63) is 76.8 Å². The van der Waals surface area contributed by atoms with Crippen LogP contribution in [0.3, 0.4) is 0 Å². The summed E-state index contributed by atoms with van der Waals surface area (Å²) in [7, 11) is 3.32. The first kappa shape index (κ1) is 28.6. The topological polar surface area (TPSA) is 102 Å². The summed E-state index contributed by atoms with van der Waals surface area (Å²) in [6.45, 7) is 3.71. The Labute approximate surface area is 212 Å². The van der Waals surface area contributed by atoms with E-state index in [4.69, 9.17) is 16.4 Å². The number of alkyl halides is 3. The predicted molar refractivity (Wildman–Crippen MR) is 137 cm³/mol. The number of nitrogens with one attached hydrogen (secondary N) is 2. The number of aldehydes is 2. The lowest BCUT2D eigenvalue weighted by Gasteiger charge is -2.27. The molecule has 1 aliphatic rings. The highest BCUT2D eigenvalue weighted by Gasteiger charge is 2.35. The van der Waals surface area contributed by atoms with Crippen molar-refractivity contribution in [3.8, 4) is 11.3 Å². The molecule has 0 radical (unpaired) electrons. The first-order chi connectivity index (χ1) is 17.3. The van der Waals surface area contributed by atoms with Gasteiger partial charge >= 0.3 is 6.18 Å². The number of allylic oxidation sites excluding steroid dienone is 1. The van der Waals surface area contributed by atoms with Crippen molar-refractivity contribution in [2.24, 2.45) is 5.73 Å². The van der Waals surface area contributed by atoms with Gasteiger partial charge in [0.25, 0.3) is 0 Å². The van der Waals surface area contributed by atoms with Gasteiger partial charge in [0, 0.05) is 24.8 Å². The Hall–Kier alpha value is -3.63. The molecular weight excluding hydrogens is 495 g/mol. The van der Waals surface area contributed by atoms with Crippen molar-refractivity contribution in [2.45, 2.75) is 18.6 Å². The van der Waals surface area contributed by atoms with Gasteiger partial charge in [0.05, 0.1) is 22.2 Å². The van der Waals surface area contributed by atoms with Gasteiger partial charge < -0.3 is 16.4 Å². The first-order valence-corrected chi connectivity index (χ1v) is 11.2. The van der Waals surface area contributed by atoms with E-state index in [1.165, 1.54) is 25.3 Å². The molecule has 2 heterocycles. The Morgan fingerprint density at radius 3 is 2.47 bits per heavy atom. The number of rotatable bonds is 5. The van der Waals surface area contributed by atoms with Crippen LogP contribution in [-0.4, -0.2) is 43.0 Å². The molecule has 2 aromatic carbocycles. The molecule has 0 bridgehead atoms. The smallest absolute Gasteiger partial charge is 0.388 e. The van der Waals surface area contributed by atoms with Crippen molar-refractivity contribution in [1.29, 1.82) is 0 Å². The van der Waals surface area contributed by atoms with Crippen LogP contribution in [0.4, 0.5) is 24.7 Å².